The highest BCUT2D eigenvalue weighted by molar-refractivity contribution is 6.04. The van der Waals surface area contributed by atoms with Crippen LogP contribution in [-0.2, 0) is 0 Å². The van der Waals surface area contributed by atoms with E-state index in [1.54, 1.807) is 24.4 Å². The number of carbonyl (C=O) groups excluding carboxylic acids is 1. The number of piperazine rings is 1. The Kier molecular flexibility index (Phi) is 5.19. The zero-order valence-electron chi connectivity index (χ0n) is 15.4. The Bertz CT molecular complexity index is 938. The Morgan fingerprint density at radius 3 is 2.29 bits per heavy atom. The second kappa shape index (κ2) is 8.08. The lowest BCUT2D eigenvalue weighted by atomic mass is 10.2. The molecule has 0 radical (unpaired) electrons. The van der Waals surface area contributed by atoms with Crippen LogP contribution in [-0.4, -0.2) is 37.1 Å². The van der Waals surface area contributed by atoms with Crippen molar-refractivity contribution in [3.05, 3.63) is 84.3 Å². The Labute approximate surface area is 163 Å². The first-order valence-electron chi connectivity index (χ1n) is 9.27. The summed E-state index contributed by atoms with van der Waals surface area (Å²) in [5.41, 5.74) is 2.36. The van der Waals surface area contributed by atoms with Crippen LogP contribution in [0.4, 0.5) is 21.6 Å². The molecule has 28 heavy (non-hydrogen) atoms. The fourth-order valence-electron chi connectivity index (χ4n) is 3.30. The number of hydrogen-bond donors (Lipinski definition) is 1. The van der Waals surface area contributed by atoms with Gasteiger partial charge in [-0.05, 0) is 48.5 Å². The lowest BCUT2D eigenvalue weighted by Crippen LogP contribution is -2.46. The summed E-state index contributed by atoms with van der Waals surface area (Å²) in [4.78, 5) is 21.3. The number of aromatic nitrogens is 1. The number of hydrogen-bond acceptors (Lipinski definition) is 4. The molecule has 3 aromatic rings. The van der Waals surface area contributed by atoms with Gasteiger partial charge in [0, 0.05) is 49.3 Å². The van der Waals surface area contributed by atoms with E-state index in [4.69, 9.17) is 0 Å². The maximum absolute atomic E-state index is 13.1. The van der Waals surface area contributed by atoms with Gasteiger partial charge in [-0.3, -0.25) is 4.79 Å². The molecule has 1 fully saturated rings. The normalized spacial score (nSPS) is 14.0. The highest BCUT2D eigenvalue weighted by atomic mass is 19.1. The maximum atomic E-state index is 13.1. The standard InChI is InChI=1S/C22H21FN4O/c23-18-6-8-20(9-7-18)26-12-14-27(15-13-26)21-16-17(10-11-24-21)22(28)25-19-4-2-1-3-5-19/h1-11,16H,12-15H2,(H,25,28). The Balaban J connectivity index is 1.41. The summed E-state index contributed by atoms with van der Waals surface area (Å²) in [6.07, 6.45) is 1.67. The Morgan fingerprint density at radius 1 is 0.893 bits per heavy atom. The van der Waals surface area contributed by atoms with Gasteiger partial charge < -0.3 is 15.1 Å². The molecule has 0 unspecified atom stereocenters. The third kappa shape index (κ3) is 4.11. The minimum absolute atomic E-state index is 0.153. The van der Waals surface area contributed by atoms with E-state index >= 15 is 0 Å². The van der Waals surface area contributed by atoms with Crippen LogP contribution in [0.25, 0.3) is 0 Å². The third-order valence-electron chi connectivity index (χ3n) is 4.83. The average Bonchev–Trinajstić information content (AvgIpc) is 2.75. The van der Waals surface area contributed by atoms with Crippen LogP contribution >= 0.6 is 0 Å². The number of nitrogens with one attached hydrogen (secondary N) is 1. The Morgan fingerprint density at radius 2 is 1.57 bits per heavy atom. The van der Waals surface area contributed by atoms with Crippen molar-refractivity contribution in [2.24, 2.45) is 0 Å². The quantitative estimate of drug-likeness (QED) is 0.753. The van der Waals surface area contributed by atoms with E-state index in [1.165, 1.54) is 12.1 Å². The van der Waals surface area contributed by atoms with Crippen LogP contribution in [0.15, 0.2) is 72.9 Å². The van der Waals surface area contributed by atoms with Gasteiger partial charge in [-0.2, -0.15) is 0 Å². The molecule has 6 heteroatoms. The van der Waals surface area contributed by atoms with Crippen LogP contribution in [0.5, 0.6) is 0 Å². The van der Waals surface area contributed by atoms with E-state index in [-0.39, 0.29) is 11.7 Å². The van der Waals surface area contributed by atoms with E-state index in [0.717, 1.165) is 43.4 Å². The van der Waals surface area contributed by atoms with Crippen LogP contribution < -0.4 is 15.1 Å². The van der Waals surface area contributed by atoms with Gasteiger partial charge in [-0.1, -0.05) is 18.2 Å². The van der Waals surface area contributed by atoms with Gasteiger partial charge in [-0.25, -0.2) is 9.37 Å². The van der Waals surface area contributed by atoms with Gasteiger partial charge in [0.2, 0.25) is 0 Å². The second-order valence-corrected chi connectivity index (χ2v) is 6.67. The zero-order valence-corrected chi connectivity index (χ0v) is 15.4. The van der Waals surface area contributed by atoms with Gasteiger partial charge in [0.25, 0.3) is 5.91 Å². The molecule has 2 aromatic carbocycles. The number of halogens is 1. The number of amides is 1. The van der Waals surface area contributed by atoms with Crippen LogP contribution in [0.1, 0.15) is 10.4 Å². The summed E-state index contributed by atoms with van der Waals surface area (Å²) in [5.74, 6) is 0.413. The molecule has 4 rings (SSSR count). The average molecular weight is 376 g/mol. The van der Waals surface area contributed by atoms with Gasteiger partial charge in [0.05, 0.1) is 0 Å². The molecule has 0 saturated carbocycles. The molecule has 0 spiro atoms. The first-order valence-corrected chi connectivity index (χ1v) is 9.27. The van der Waals surface area contributed by atoms with Gasteiger partial charge in [-0.15, -0.1) is 0 Å². The molecule has 0 bridgehead atoms. The van der Waals surface area contributed by atoms with Crippen molar-refractivity contribution in [1.82, 2.24) is 4.98 Å². The van der Waals surface area contributed by atoms with Crippen molar-refractivity contribution >= 4 is 23.1 Å². The monoisotopic (exact) mass is 376 g/mol. The summed E-state index contributed by atoms with van der Waals surface area (Å²) in [7, 11) is 0. The number of benzene rings is 2. The van der Waals surface area contributed by atoms with Crippen LogP contribution in [0.3, 0.4) is 0 Å². The number of pyridine rings is 1. The first kappa shape index (κ1) is 18.0. The van der Waals surface area contributed by atoms with E-state index in [2.05, 4.69) is 20.1 Å². The largest absolute Gasteiger partial charge is 0.368 e. The second-order valence-electron chi connectivity index (χ2n) is 6.67. The molecule has 1 amide bonds. The summed E-state index contributed by atoms with van der Waals surface area (Å²) >= 11 is 0. The highest BCUT2D eigenvalue weighted by Gasteiger charge is 2.19. The summed E-state index contributed by atoms with van der Waals surface area (Å²) in [6.45, 7) is 3.20. The van der Waals surface area contributed by atoms with E-state index in [1.807, 2.05) is 36.4 Å². The Hall–Kier alpha value is -3.41. The lowest BCUT2D eigenvalue weighted by molar-refractivity contribution is 0.102. The number of rotatable bonds is 4. The molecule has 0 atom stereocenters. The minimum atomic E-state index is -0.225. The number of nitrogens with zero attached hydrogens (tertiary/aromatic N) is 3. The predicted molar refractivity (Wildman–Crippen MR) is 109 cm³/mol. The fourth-order valence-corrected chi connectivity index (χ4v) is 3.30. The van der Waals surface area contributed by atoms with Gasteiger partial charge in [0.15, 0.2) is 0 Å². The highest BCUT2D eigenvalue weighted by Crippen LogP contribution is 2.20. The summed E-state index contributed by atoms with van der Waals surface area (Å²) < 4.78 is 13.1. The molecule has 1 aromatic heterocycles. The number of para-hydroxylation sites is 1. The molecular weight excluding hydrogens is 355 g/mol. The third-order valence-corrected chi connectivity index (χ3v) is 4.83. The molecular formula is C22H21FN4O. The minimum Gasteiger partial charge on any atom is -0.368 e. The van der Waals surface area contributed by atoms with Gasteiger partial charge in [0.1, 0.15) is 11.6 Å². The van der Waals surface area contributed by atoms with E-state index < -0.39 is 0 Å². The molecule has 1 saturated heterocycles. The number of anilines is 3. The number of carbonyl (C=O) groups is 1. The topological polar surface area (TPSA) is 48.5 Å². The van der Waals surface area contributed by atoms with Crippen molar-refractivity contribution in [3.63, 3.8) is 0 Å². The first-order chi connectivity index (χ1) is 13.7. The molecule has 1 N–H and O–H groups in total. The molecule has 5 nitrogen and oxygen atoms in total. The molecule has 0 aliphatic carbocycles. The SMILES string of the molecule is O=C(Nc1ccccc1)c1ccnc(N2CCN(c3ccc(F)cc3)CC2)c1. The van der Waals surface area contributed by atoms with Crippen LogP contribution in [0, 0.1) is 5.82 Å². The predicted octanol–water partition coefficient (Wildman–Crippen LogP) is 3.80. The molecule has 2 heterocycles. The van der Waals surface area contributed by atoms with Gasteiger partial charge >= 0.3 is 0 Å². The maximum Gasteiger partial charge on any atom is 0.255 e. The summed E-state index contributed by atoms with van der Waals surface area (Å²) in [5, 5.41) is 2.90. The molecule has 1 aliphatic rings. The summed E-state index contributed by atoms with van der Waals surface area (Å²) in [6, 6.07) is 19.5. The van der Waals surface area contributed by atoms with Crippen molar-refractivity contribution in [3.8, 4) is 0 Å². The smallest absolute Gasteiger partial charge is 0.255 e. The van der Waals surface area contributed by atoms with Crippen molar-refractivity contribution in [2.45, 2.75) is 0 Å². The van der Waals surface area contributed by atoms with E-state index in [9.17, 15) is 9.18 Å². The fraction of sp³-hybridized carbons (Fsp3) is 0.182. The molecule has 142 valence electrons. The van der Waals surface area contributed by atoms with Crippen LogP contribution in [0.2, 0.25) is 0 Å². The van der Waals surface area contributed by atoms with Crippen molar-refractivity contribution in [2.75, 3.05) is 41.3 Å². The lowest BCUT2D eigenvalue weighted by Gasteiger charge is -2.36. The molecule has 1 aliphatic heterocycles. The van der Waals surface area contributed by atoms with E-state index in [0.29, 0.717) is 5.56 Å². The van der Waals surface area contributed by atoms with Crippen molar-refractivity contribution in [1.29, 1.82) is 0 Å². The van der Waals surface area contributed by atoms with Crippen molar-refractivity contribution < 1.29 is 9.18 Å². The zero-order chi connectivity index (χ0) is 19.3.